The van der Waals surface area contributed by atoms with Crippen LogP contribution in [0, 0.1) is 6.92 Å². The zero-order valence-corrected chi connectivity index (χ0v) is 22.1. The van der Waals surface area contributed by atoms with Crippen LogP contribution in [0.25, 0.3) is 11.0 Å². The zero-order valence-electron chi connectivity index (χ0n) is 18.9. The predicted molar refractivity (Wildman–Crippen MR) is 145 cm³/mol. The Labute approximate surface area is 203 Å². The van der Waals surface area contributed by atoms with Crippen molar-refractivity contribution in [2.45, 2.75) is 27.3 Å². The second-order valence-corrected chi connectivity index (χ2v) is 12.3. The molecule has 2 aromatic rings. The van der Waals surface area contributed by atoms with Crippen LogP contribution in [0.3, 0.4) is 0 Å². The Morgan fingerprint density at radius 2 is 1.48 bits per heavy atom. The van der Waals surface area contributed by atoms with Crippen molar-refractivity contribution in [1.29, 1.82) is 0 Å². The molecule has 8 heteroatoms. The molecular formula is C23H35NO3S4. The number of rotatable bonds is 16. The van der Waals surface area contributed by atoms with E-state index in [0.29, 0.717) is 12.1 Å². The van der Waals surface area contributed by atoms with E-state index >= 15 is 0 Å². The van der Waals surface area contributed by atoms with Crippen molar-refractivity contribution in [2.24, 2.45) is 0 Å². The summed E-state index contributed by atoms with van der Waals surface area (Å²) >= 11 is 7.94. The second-order valence-electron chi connectivity index (χ2n) is 7.08. The van der Waals surface area contributed by atoms with Gasteiger partial charge in [0, 0.05) is 65.6 Å². The maximum absolute atomic E-state index is 12.0. The van der Waals surface area contributed by atoms with E-state index in [1.54, 1.807) is 6.07 Å². The highest BCUT2D eigenvalue weighted by atomic mass is 32.2. The highest BCUT2D eigenvalue weighted by Crippen LogP contribution is 2.29. The van der Waals surface area contributed by atoms with Crippen molar-refractivity contribution in [1.82, 2.24) is 4.90 Å². The molecule has 31 heavy (non-hydrogen) atoms. The number of phenolic OH excluding ortho intramolecular Hbond substituents is 1. The maximum atomic E-state index is 12.0. The van der Waals surface area contributed by atoms with E-state index in [-0.39, 0.29) is 11.4 Å². The summed E-state index contributed by atoms with van der Waals surface area (Å²) in [7, 11) is 0. The SMILES string of the molecule is CCSCCSCCN(CCSCCSCC)Cc1c(O)ccc2c(C)cc(=O)oc12. The van der Waals surface area contributed by atoms with Crippen LogP contribution in [0.5, 0.6) is 5.75 Å². The van der Waals surface area contributed by atoms with Crippen LogP contribution >= 0.6 is 47.0 Å². The Morgan fingerprint density at radius 3 is 2.06 bits per heavy atom. The molecule has 0 saturated carbocycles. The fourth-order valence-electron chi connectivity index (χ4n) is 3.19. The van der Waals surface area contributed by atoms with E-state index < -0.39 is 0 Å². The number of hydrogen-bond acceptors (Lipinski definition) is 8. The molecular weight excluding hydrogens is 467 g/mol. The molecule has 0 fully saturated rings. The van der Waals surface area contributed by atoms with Gasteiger partial charge in [0.15, 0.2) is 0 Å². The largest absolute Gasteiger partial charge is 0.507 e. The van der Waals surface area contributed by atoms with Gasteiger partial charge in [0.1, 0.15) is 11.3 Å². The quantitative estimate of drug-likeness (QED) is 0.236. The van der Waals surface area contributed by atoms with Crippen molar-refractivity contribution in [2.75, 3.05) is 59.1 Å². The minimum absolute atomic E-state index is 0.199. The van der Waals surface area contributed by atoms with Gasteiger partial charge in [-0.15, -0.1) is 0 Å². The molecule has 0 aliphatic rings. The maximum Gasteiger partial charge on any atom is 0.336 e. The zero-order chi connectivity index (χ0) is 22.5. The lowest BCUT2D eigenvalue weighted by atomic mass is 10.1. The second kappa shape index (κ2) is 15.4. The Bertz CT molecular complexity index is 827. The lowest BCUT2D eigenvalue weighted by Crippen LogP contribution is -2.28. The van der Waals surface area contributed by atoms with Crippen LogP contribution in [-0.2, 0) is 6.54 Å². The number of phenols is 1. The standard InChI is InChI=1S/C23H35NO3S4/c1-4-28-12-14-30-10-8-24(9-11-31-15-13-29-5-2)17-20-21(25)7-6-19-18(3)16-22(26)27-23(19)20/h6-7,16,25H,4-5,8-15,17H2,1-3H3. The Hall–Kier alpha value is -0.410. The molecule has 0 spiro atoms. The summed E-state index contributed by atoms with van der Waals surface area (Å²) in [4.78, 5) is 14.4. The average Bonchev–Trinajstić information content (AvgIpc) is 2.74. The van der Waals surface area contributed by atoms with Gasteiger partial charge in [-0.2, -0.15) is 47.0 Å². The van der Waals surface area contributed by atoms with E-state index in [1.165, 1.54) is 40.6 Å². The molecule has 1 aromatic heterocycles. The molecule has 0 amide bonds. The fourth-order valence-corrected chi connectivity index (χ4v) is 6.84. The predicted octanol–water partition coefficient (Wildman–Crippen LogP) is 5.58. The van der Waals surface area contributed by atoms with Crippen molar-refractivity contribution in [3.05, 3.63) is 39.7 Å². The third-order valence-electron chi connectivity index (χ3n) is 4.84. The molecule has 1 heterocycles. The molecule has 2 rings (SSSR count). The highest BCUT2D eigenvalue weighted by Gasteiger charge is 2.16. The molecule has 1 N–H and O–H groups in total. The molecule has 1 aromatic carbocycles. The number of nitrogens with zero attached hydrogens (tertiary/aromatic N) is 1. The summed E-state index contributed by atoms with van der Waals surface area (Å²) in [6, 6.07) is 5.06. The minimum atomic E-state index is -0.364. The van der Waals surface area contributed by atoms with Crippen LogP contribution in [0.1, 0.15) is 25.0 Å². The van der Waals surface area contributed by atoms with Crippen LogP contribution in [0.4, 0.5) is 0 Å². The van der Waals surface area contributed by atoms with E-state index in [0.717, 1.165) is 41.1 Å². The molecule has 0 aliphatic carbocycles. The van der Waals surface area contributed by atoms with Crippen LogP contribution in [0.15, 0.2) is 27.4 Å². The summed E-state index contributed by atoms with van der Waals surface area (Å²) < 4.78 is 5.54. The summed E-state index contributed by atoms with van der Waals surface area (Å²) in [5, 5.41) is 11.5. The molecule has 0 atom stereocenters. The van der Waals surface area contributed by atoms with E-state index in [2.05, 4.69) is 18.7 Å². The molecule has 0 unspecified atom stereocenters. The lowest BCUT2D eigenvalue weighted by molar-refractivity contribution is 0.295. The molecule has 0 saturated heterocycles. The number of thioether (sulfide) groups is 4. The van der Waals surface area contributed by atoms with E-state index in [1.807, 2.05) is 60.0 Å². The van der Waals surface area contributed by atoms with Gasteiger partial charge < -0.3 is 9.52 Å². The van der Waals surface area contributed by atoms with Gasteiger partial charge in [-0.1, -0.05) is 13.8 Å². The Morgan fingerprint density at radius 1 is 0.903 bits per heavy atom. The molecule has 0 aliphatic heterocycles. The van der Waals surface area contributed by atoms with Crippen LogP contribution in [-0.4, -0.2) is 69.1 Å². The summed E-state index contributed by atoms with van der Waals surface area (Å²) in [6.45, 7) is 8.81. The monoisotopic (exact) mass is 501 g/mol. The molecule has 174 valence electrons. The van der Waals surface area contributed by atoms with Crippen LogP contribution in [0.2, 0.25) is 0 Å². The Kier molecular flexibility index (Phi) is 13.4. The van der Waals surface area contributed by atoms with Crippen LogP contribution < -0.4 is 5.63 Å². The number of benzene rings is 1. The van der Waals surface area contributed by atoms with E-state index in [9.17, 15) is 9.90 Å². The van der Waals surface area contributed by atoms with Gasteiger partial charge in [0.2, 0.25) is 0 Å². The lowest BCUT2D eigenvalue weighted by Gasteiger charge is -2.23. The first-order valence-electron chi connectivity index (χ1n) is 10.8. The van der Waals surface area contributed by atoms with Crippen molar-refractivity contribution < 1.29 is 9.52 Å². The molecule has 0 radical (unpaired) electrons. The molecule has 4 nitrogen and oxygen atoms in total. The molecule has 0 bridgehead atoms. The van der Waals surface area contributed by atoms with Gasteiger partial charge in [-0.05, 0) is 36.1 Å². The fraction of sp³-hybridized carbons (Fsp3) is 0.609. The van der Waals surface area contributed by atoms with Gasteiger partial charge in [-0.25, -0.2) is 4.79 Å². The topological polar surface area (TPSA) is 53.7 Å². The van der Waals surface area contributed by atoms with Gasteiger partial charge in [-0.3, -0.25) is 4.90 Å². The average molecular weight is 502 g/mol. The van der Waals surface area contributed by atoms with Crippen molar-refractivity contribution in [3.63, 3.8) is 0 Å². The summed E-state index contributed by atoms with van der Waals surface area (Å²) in [5.41, 5.74) is 1.76. The van der Waals surface area contributed by atoms with E-state index in [4.69, 9.17) is 4.42 Å². The van der Waals surface area contributed by atoms with Crippen molar-refractivity contribution in [3.8, 4) is 5.75 Å². The first kappa shape index (κ1) is 26.8. The first-order chi connectivity index (χ1) is 15.1. The van der Waals surface area contributed by atoms with Gasteiger partial charge in [0.05, 0.1) is 5.56 Å². The number of fused-ring (bicyclic) bond motifs is 1. The van der Waals surface area contributed by atoms with Gasteiger partial charge in [0.25, 0.3) is 0 Å². The number of aryl methyl sites for hydroxylation is 1. The highest BCUT2D eigenvalue weighted by molar-refractivity contribution is 8.03. The first-order valence-corrected chi connectivity index (χ1v) is 15.5. The number of hydrogen-bond donors (Lipinski definition) is 1. The Balaban J connectivity index is 2.06. The summed E-state index contributed by atoms with van der Waals surface area (Å²) in [6.07, 6.45) is 0. The number of aromatic hydroxyl groups is 1. The third kappa shape index (κ3) is 9.54. The van der Waals surface area contributed by atoms with Gasteiger partial charge >= 0.3 is 5.63 Å². The normalized spacial score (nSPS) is 11.6. The summed E-state index contributed by atoms with van der Waals surface area (Å²) in [5.74, 6) is 9.40. The smallest absolute Gasteiger partial charge is 0.336 e. The van der Waals surface area contributed by atoms with Crippen molar-refractivity contribution >= 4 is 58.0 Å². The third-order valence-corrected chi connectivity index (χ3v) is 9.08. The minimum Gasteiger partial charge on any atom is -0.507 e.